The van der Waals surface area contributed by atoms with Crippen molar-refractivity contribution in [1.82, 2.24) is 14.8 Å². The van der Waals surface area contributed by atoms with Gasteiger partial charge in [0.1, 0.15) is 19.2 Å². The molecule has 5 nitrogen and oxygen atoms in total. The minimum Gasteiger partial charge on any atom is -0.342 e. The van der Waals surface area contributed by atoms with E-state index in [1.54, 1.807) is 11.0 Å². The molecule has 1 saturated heterocycles. The van der Waals surface area contributed by atoms with E-state index >= 15 is 0 Å². The van der Waals surface area contributed by atoms with E-state index in [4.69, 9.17) is 32.7 Å². The predicted molar refractivity (Wildman–Crippen MR) is 84.8 cm³/mol. The lowest BCUT2D eigenvalue weighted by Gasteiger charge is -2.32. The summed E-state index contributed by atoms with van der Waals surface area (Å²) in [5.74, 6) is -0.919. The molecule has 2 heterocycles. The van der Waals surface area contributed by atoms with Gasteiger partial charge < -0.3 is 9.47 Å². The number of hydrogen-bond donors (Lipinski definition) is 0. The summed E-state index contributed by atoms with van der Waals surface area (Å²) in [6.07, 6.45) is 9.61. The maximum atomic E-state index is 6.45. The van der Waals surface area contributed by atoms with Crippen molar-refractivity contribution in [2.75, 3.05) is 6.61 Å². The molecular formula is C15H19Cl2N3O2. The van der Waals surface area contributed by atoms with Crippen molar-refractivity contribution in [3.63, 3.8) is 0 Å². The van der Waals surface area contributed by atoms with Gasteiger partial charge in [-0.15, -0.1) is 11.6 Å². The minimum atomic E-state index is -0.919. The van der Waals surface area contributed by atoms with E-state index in [9.17, 15) is 0 Å². The number of nitrogens with zero attached hydrogens (tertiary/aromatic N) is 3. The van der Waals surface area contributed by atoms with Crippen LogP contribution in [0.2, 0.25) is 0 Å². The summed E-state index contributed by atoms with van der Waals surface area (Å²) in [4.78, 5) is 3.98. The molecule has 22 heavy (non-hydrogen) atoms. The van der Waals surface area contributed by atoms with E-state index in [2.05, 4.69) is 17.0 Å². The quantitative estimate of drug-likeness (QED) is 0.770. The lowest BCUT2D eigenvalue weighted by Crippen LogP contribution is -2.39. The van der Waals surface area contributed by atoms with Gasteiger partial charge in [-0.3, -0.25) is 0 Å². The molecule has 0 N–H and O–H groups in total. The zero-order chi connectivity index (χ0) is 15.6. The molecule has 0 spiro atoms. The summed E-state index contributed by atoms with van der Waals surface area (Å²) in [6.45, 7) is 3.09. The smallest absolute Gasteiger partial charge is 0.216 e. The van der Waals surface area contributed by atoms with E-state index in [1.165, 1.54) is 6.33 Å². The first-order chi connectivity index (χ1) is 10.6. The van der Waals surface area contributed by atoms with E-state index < -0.39 is 5.79 Å². The molecule has 1 aliphatic carbocycles. The van der Waals surface area contributed by atoms with Gasteiger partial charge in [-0.05, 0) is 6.42 Å². The van der Waals surface area contributed by atoms with Crippen LogP contribution in [-0.2, 0) is 16.0 Å². The molecule has 3 atom stereocenters. The van der Waals surface area contributed by atoms with Crippen LogP contribution in [0.1, 0.15) is 26.2 Å². The molecule has 7 heteroatoms. The number of aromatic nitrogens is 3. The summed E-state index contributed by atoms with van der Waals surface area (Å²) < 4.78 is 14.0. The average Bonchev–Trinajstić information content (AvgIpc) is 3.10. The van der Waals surface area contributed by atoms with Gasteiger partial charge in [0.15, 0.2) is 0 Å². The molecule has 1 aromatic heterocycles. The van der Waals surface area contributed by atoms with Gasteiger partial charge in [0, 0.05) is 17.0 Å². The van der Waals surface area contributed by atoms with Crippen LogP contribution >= 0.6 is 23.2 Å². The number of hydrogen-bond acceptors (Lipinski definition) is 4. The number of ether oxygens (including phenoxy) is 2. The van der Waals surface area contributed by atoms with Gasteiger partial charge in [0.2, 0.25) is 5.79 Å². The SMILES string of the molecule is CCCC1COC(Cn2cncn2)(C2=C(Cl)CC(Cl)C=C2)O1. The van der Waals surface area contributed by atoms with Crippen LogP contribution in [0.5, 0.6) is 0 Å². The fourth-order valence-corrected chi connectivity index (χ4v) is 3.52. The van der Waals surface area contributed by atoms with Gasteiger partial charge in [-0.25, -0.2) is 9.67 Å². The van der Waals surface area contributed by atoms with Crippen molar-refractivity contribution in [1.29, 1.82) is 0 Å². The fourth-order valence-electron chi connectivity index (χ4n) is 2.84. The van der Waals surface area contributed by atoms with Crippen LogP contribution in [0, 0.1) is 0 Å². The monoisotopic (exact) mass is 343 g/mol. The maximum absolute atomic E-state index is 6.45. The first kappa shape index (κ1) is 16.0. The zero-order valence-corrected chi connectivity index (χ0v) is 13.9. The fraction of sp³-hybridized carbons (Fsp3) is 0.600. The molecule has 3 rings (SSSR count). The number of rotatable bonds is 5. The van der Waals surface area contributed by atoms with Crippen molar-refractivity contribution in [3.8, 4) is 0 Å². The molecule has 0 aromatic carbocycles. The van der Waals surface area contributed by atoms with Crippen LogP contribution in [0.25, 0.3) is 0 Å². The van der Waals surface area contributed by atoms with E-state index in [1.807, 2.05) is 12.2 Å². The second-order valence-electron chi connectivity index (χ2n) is 5.58. The highest BCUT2D eigenvalue weighted by atomic mass is 35.5. The van der Waals surface area contributed by atoms with Crippen molar-refractivity contribution < 1.29 is 9.47 Å². The van der Waals surface area contributed by atoms with Crippen LogP contribution in [0.15, 0.2) is 35.4 Å². The summed E-state index contributed by atoms with van der Waals surface area (Å²) >= 11 is 12.6. The van der Waals surface area contributed by atoms with Crippen molar-refractivity contribution in [3.05, 3.63) is 35.4 Å². The predicted octanol–water partition coefficient (Wildman–Crippen LogP) is 3.25. The Hall–Kier alpha value is -0.880. The second kappa shape index (κ2) is 6.71. The Morgan fingerprint density at radius 2 is 2.36 bits per heavy atom. The summed E-state index contributed by atoms with van der Waals surface area (Å²) in [7, 11) is 0. The molecule has 3 unspecified atom stereocenters. The third kappa shape index (κ3) is 3.23. The molecule has 1 fully saturated rings. The van der Waals surface area contributed by atoms with Crippen LogP contribution in [-0.4, -0.2) is 38.6 Å². The minimum absolute atomic E-state index is 0.0626. The van der Waals surface area contributed by atoms with Crippen molar-refractivity contribution in [2.45, 2.75) is 50.0 Å². The van der Waals surface area contributed by atoms with Crippen molar-refractivity contribution in [2.24, 2.45) is 0 Å². The topological polar surface area (TPSA) is 49.2 Å². The molecule has 1 aromatic rings. The lowest BCUT2D eigenvalue weighted by molar-refractivity contribution is -0.148. The molecule has 0 saturated carbocycles. The normalized spacial score (nSPS) is 32.0. The third-order valence-electron chi connectivity index (χ3n) is 3.86. The first-order valence-electron chi connectivity index (χ1n) is 7.48. The van der Waals surface area contributed by atoms with E-state index in [0.29, 0.717) is 24.6 Å². The van der Waals surface area contributed by atoms with Crippen LogP contribution < -0.4 is 0 Å². The van der Waals surface area contributed by atoms with Crippen LogP contribution in [0.4, 0.5) is 0 Å². The van der Waals surface area contributed by atoms with Gasteiger partial charge in [-0.2, -0.15) is 5.10 Å². The Balaban J connectivity index is 1.90. The van der Waals surface area contributed by atoms with Gasteiger partial charge in [0.25, 0.3) is 0 Å². The molecule has 2 aliphatic rings. The van der Waals surface area contributed by atoms with E-state index in [0.717, 1.165) is 18.4 Å². The number of allylic oxidation sites excluding steroid dienone is 2. The second-order valence-corrected chi connectivity index (χ2v) is 6.60. The van der Waals surface area contributed by atoms with E-state index in [-0.39, 0.29) is 11.5 Å². The Labute approximate surface area is 139 Å². The number of halogens is 2. The molecule has 0 radical (unpaired) electrons. The molecule has 0 amide bonds. The van der Waals surface area contributed by atoms with Crippen LogP contribution in [0.3, 0.4) is 0 Å². The largest absolute Gasteiger partial charge is 0.342 e. The molecular weight excluding hydrogens is 325 g/mol. The third-order valence-corrected chi connectivity index (χ3v) is 4.51. The Morgan fingerprint density at radius 3 is 3.05 bits per heavy atom. The summed E-state index contributed by atoms with van der Waals surface area (Å²) in [6, 6.07) is 0. The summed E-state index contributed by atoms with van der Waals surface area (Å²) in [5, 5.41) is 4.75. The number of alkyl halides is 1. The molecule has 120 valence electrons. The highest BCUT2D eigenvalue weighted by Gasteiger charge is 2.46. The average molecular weight is 344 g/mol. The lowest BCUT2D eigenvalue weighted by atomic mass is 9.98. The Morgan fingerprint density at radius 1 is 1.50 bits per heavy atom. The molecule has 1 aliphatic heterocycles. The highest BCUT2D eigenvalue weighted by molar-refractivity contribution is 6.31. The van der Waals surface area contributed by atoms with Gasteiger partial charge >= 0.3 is 0 Å². The summed E-state index contributed by atoms with van der Waals surface area (Å²) in [5.41, 5.74) is 0.833. The van der Waals surface area contributed by atoms with Gasteiger partial charge in [-0.1, -0.05) is 37.1 Å². The maximum Gasteiger partial charge on any atom is 0.216 e. The Kier molecular flexibility index (Phi) is 4.88. The van der Waals surface area contributed by atoms with Gasteiger partial charge in [0.05, 0.1) is 18.1 Å². The zero-order valence-electron chi connectivity index (χ0n) is 12.4. The standard InChI is InChI=1S/C15H19Cl2N3O2/c1-2-3-12-7-21-15(22-12,8-20-10-18-9-19-20)13-5-4-11(16)6-14(13)17/h4-5,9-12H,2-3,6-8H2,1H3. The Bertz CT molecular complexity index is 573. The van der Waals surface area contributed by atoms with Crippen molar-refractivity contribution >= 4 is 23.2 Å². The molecule has 0 bridgehead atoms. The highest BCUT2D eigenvalue weighted by Crippen LogP contribution is 2.40. The first-order valence-corrected chi connectivity index (χ1v) is 8.30.